The number of hydrogen-bond donors (Lipinski definition) is 1. The van der Waals surface area contributed by atoms with Crippen LogP contribution in [0.25, 0.3) is 17.1 Å². The summed E-state index contributed by atoms with van der Waals surface area (Å²) in [6, 6.07) is 8.13. The monoisotopic (exact) mass is 499 g/mol. The van der Waals surface area contributed by atoms with Gasteiger partial charge in [-0.05, 0) is 43.7 Å². The Bertz CT molecular complexity index is 1400. The van der Waals surface area contributed by atoms with E-state index in [1.165, 1.54) is 15.9 Å². The smallest absolute Gasteiger partial charge is 0.323 e. The van der Waals surface area contributed by atoms with Gasteiger partial charge >= 0.3 is 5.97 Å². The second-order valence-electron chi connectivity index (χ2n) is 7.20. The molecule has 1 fully saturated rings. The fourth-order valence-electron chi connectivity index (χ4n) is 3.73. The number of carbonyl (C=O) groups excluding carboxylic acids is 1. The van der Waals surface area contributed by atoms with Crippen molar-refractivity contribution in [3.8, 4) is 0 Å². The van der Waals surface area contributed by atoms with Crippen LogP contribution in [0, 0.1) is 0 Å². The topological polar surface area (TPSA) is 82.8 Å². The maximum atomic E-state index is 13.1. The lowest BCUT2D eigenvalue weighted by Crippen LogP contribution is -2.35. The molecule has 0 aliphatic carbocycles. The minimum Gasteiger partial charge on any atom is -0.480 e. The number of thioether (sulfide) groups is 1. The fraction of sp³-hybridized carbons (Fsp3) is 0.217. The Balaban J connectivity index is 1.80. The lowest BCUT2D eigenvalue weighted by Gasteiger charge is -2.29. The number of carbonyl (C=O) groups is 2. The third-order valence-electron chi connectivity index (χ3n) is 5.26. The number of nitrogens with zero attached hydrogens (tertiary/aromatic N) is 3. The third kappa shape index (κ3) is 4.33. The number of thiazole rings is 1. The van der Waals surface area contributed by atoms with Gasteiger partial charge in [-0.2, -0.15) is 0 Å². The quantitative estimate of drug-likeness (QED) is 0.632. The molecule has 0 unspecified atom stereocenters. The highest BCUT2D eigenvalue weighted by Crippen LogP contribution is 2.31. The lowest BCUT2D eigenvalue weighted by molar-refractivity contribution is -0.140. The first-order chi connectivity index (χ1) is 15.8. The van der Waals surface area contributed by atoms with Gasteiger partial charge in [-0.3, -0.25) is 23.9 Å². The zero-order valence-electron chi connectivity index (χ0n) is 18.0. The molecule has 1 saturated heterocycles. The van der Waals surface area contributed by atoms with E-state index in [1.54, 1.807) is 6.08 Å². The van der Waals surface area contributed by atoms with Crippen molar-refractivity contribution in [2.24, 2.45) is 0 Å². The number of anilines is 1. The summed E-state index contributed by atoms with van der Waals surface area (Å²) in [7, 11) is 0. The van der Waals surface area contributed by atoms with Crippen LogP contribution in [0.1, 0.15) is 19.4 Å². The molecule has 170 valence electrons. The molecule has 1 amide bonds. The molecule has 2 aliphatic heterocycles. The molecular weight excluding hydrogens is 478 g/mol. The Hall–Kier alpha value is -2.95. The van der Waals surface area contributed by atoms with E-state index in [-0.39, 0.29) is 9.88 Å². The number of rotatable bonds is 5. The standard InChI is InChI=1S/C23H21N3O4S3/c1-3-24-15(10-9-14-7-5-6-8-16(14)24)11-12-17-20(29)25(4-2)22(32-17)19-21(30)26(13-18(27)28)23(31)33-19/h5-12H,3-4,13H2,1-2H3,(H,27,28)/b15-11-,17-12+,22-19-. The Labute approximate surface area is 203 Å². The van der Waals surface area contributed by atoms with Gasteiger partial charge in [0.25, 0.3) is 11.5 Å². The zero-order valence-corrected chi connectivity index (χ0v) is 20.4. The van der Waals surface area contributed by atoms with Gasteiger partial charge < -0.3 is 10.0 Å². The fourth-order valence-corrected chi connectivity index (χ4v) is 6.24. The van der Waals surface area contributed by atoms with E-state index >= 15 is 0 Å². The van der Waals surface area contributed by atoms with Crippen LogP contribution in [0.4, 0.5) is 5.69 Å². The largest absolute Gasteiger partial charge is 0.480 e. The average molecular weight is 500 g/mol. The van der Waals surface area contributed by atoms with Crippen molar-refractivity contribution in [3.05, 3.63) is 67.2 Å². The molecule has 10 heteroatoms. The zero-order chi connectivity index (χ0) is 23.7. The number of aromatic nitrogens is 1. The molecule has 2 aromatic rings. The maximum absolute atomic E-state index is 13.1. The molecule has 0 radical (unpaired) electrons. The maximum Gasteiger partial charge on any atom is 0.323 e. The minimum absolute atomic E-state index is 0.179. The molecule has 1 aromatic carbocycles. The van der Waals surface area contributed by atoms with Crippen LogP contribution >= 0.6 is 35.3 Å². The molecule has 0 spiro atoms. The third-order valence-corrected chi connectivity index (χ3v) is 7.97. The van der Waals surface area contributed by atoms with Crippen LogP contribution in [0.2, 0.25) is 0 Å². The average Bonchev–Trinajstić information content (AvgIpc) is 3.26. The number of thiocarbonyl (C=S) groups is 1. The highest BCUT2D eigenvalue weighted by molar-refractivity contribution is 8.30. The molecule has 1 N–H and O–H groups in total. The Morgan fingerprint density at radius 1 is 1.09 bits per heavy atom. The van der Waals surface area contributed by atoms with Crippen LogP contribution in [-0.4, -0.2) is 43.9 Å². The van der Waals surface area contributed by atoms with Crippen LogP contribution in [0.3, 0.4) is 0 Å². The number of hydrogen-bond acceptors (Lipinski definition) is 7. The van der Waals surface area contributed by atoms with E-state index in [9.17, 15) is 14.4 Å². The molecule has 0 atom stereocenters. The summed E-state index contributed by atoms with van der Waals surface area (Å²) in [6.07, 6.45) is 7.75. The van der Waals surface area contributed by atoms with Gasteiger partial charge in [0.05, 0.1) is 4.53 Å². The SMILES string of the molecule is CCN1/C(=C\C=c2\s/c(=C3\SC(=S)N(CC(=O)O)C3=O)n(CC)c2=O)C=Cc2ccccc21. The van der Waals surface area contributed by atoms with Crippen molar-refractivity contribution in [2.45, 2.75) is 20.4 Å². The number of aliphatic carboxylic acids is 1. The van der Waals surface area contributed by atoms with Crippen LogP contribution < -0.4 is 19.7 Å². The summed E-state index contributed by atoms with van der Waals surface area (Å²) in [6.45, 7) is 4.56. The predicted molar refractivity (Wildman–Crippen MR) is 137 cm³/mol. The summed E-state index contributed by atoms with van der Waals surface area (Å²) in [5, 5.41) is 9.07. The van der Waals surface area contributed by atoms with Crippen LogP contribution in [0.15, 0.2) is 46.9 Å². The first-order valence-corrected chi connectivity index (χ1v) is 12.4. The summed E-state index contributed by atoms with van der Waals surface area (Å²) in [5.41, 5.74) is 3.01. The Kier molecular flexibility index (Phi) is 6.68. The van der Waals surface area contributed by atoms with Gasteiger partial charge in [0.1, 0.15) is 20.4 Å². The van der Waals surface area contributed by atoms with E-state index in [0.717, 1.165) is 40.2 Å². The van der Waals surface area contributed by atoms with Gasteiger partial charge in [-0.1, -0.05) is 48.3 Å². The number of para-hydroxylation sites is 1. The van der Waals surface area contributed by atoms with Crippen molar-refractivity contribution in [3.63, 3.8) is 0 Å². The summed E-state index contributed by atoms with van der Waals surface area (Å²) < 4.78 is 2.70. The van der Waals surface area contributed by atoms with Crippen molar-refractivity contribution in [1.29, 1.82) is 0 Å². The molecular formula is C23H21N3O4S3. The normalized spacial score (nSPS) is 19.1. The molecule has 1 aromatic heterocycles. The van der Waals surface area contributed by atoms with Gasteiger partial charge in [-0.15, -0.1) is 11.3 Å². The Morgan fingerprint density at radius 2 is 1.85 bits per heavy atom. The minimum atomic E-state index is -1.14. The number of fused-ring (bicyclic) bond motifs is 1. The highest BCUT2D eigenvalue weighted by Gasteiger charge is 2.35. The summed E-state index contributed by atoms with van der Waals surface area (Å²) in [4.78, 5) is 40.5. The highest BCUT2D eigenvalue weighted by atomic mass is 32.2. The molecule has 0 bridgehead atoms. The van der Waals surface area contributed by atoms with Crippen LogP contribution in [-0.2, 0) is 16.1 Å². The summed E-state index contributed by atoms with van der Waals surface area (Å²) >= 11 is 7.44. The molecule has 2 aliphatic rings. The molecule has 7 nitrogen and oxygen atoms in total. The number of carboxylic acids is 1. The molecule has 4 rings (SSSR count). The second kappa shape index (κ2) is 9.50. The molecule has 3 heterocycles. The lowest BCUT2D eigenvalue weighted by atomic mass is 10.1. The summed E-state index contributed by atoms with van der Waals surface area (Å²) in [5.74, 6) is -1.63. The van der Waals surface area contributed by atoms with Gasteiger partial charge in [0, 0.05) is 24.5 Å². The number of benzene rings is 1. The first kappa shape index (κ1) is 23.2. The molecule has 33 heavy (non-hydrogen) atoms. The van der Waals surface area contributed by atoms with E-state index in [4.69, 9.17) is 17.3 Å². The van der Waals surface area contributed by atoms with E-state index in [0.29, 0.717) is 20.6 Å². The van der Waals surface area contributed by atoms with Gasteiger partial charge in [-0.25, -0.2) is 0 Å². The number of allylic oxidation sites excluding steroid dienone is 2. The van der Waals surface area contributed by atoms with Crippen LogP contribution in [0.5, 0.6) is 0 Å². The van der Waals surface area contributed by atoms with Crippen molar-refractivity contribution >= 4 is 74.3 Å². The van der Waals surface area contributed by atoms with Gasteiger partial charge in [0.2, 0.25) is 0 Å². The number of likely N-dealkylation sites (N-methyl/N-ethyl adjacent to an activating group) is 1. The number of carboxylic acid groups (broad SMARTS) is 1. The van der Waals surface area contributed by atoms with Crippen molar-refractivity contribution in [1.82, 2.24) is 9.47 Å². The Morgan fingerprint density at radius 3 is 2.55 bits per heavy atom. The van der Waals surface area contributed by atoms with E-state index < -0.39 is 18.4 Å². The molecule has 0 saturated carbocycles. The van der Waals surface area contributed by atoms with Crippen molar-refractivity contribution in [2.75, 3.05) is 18.0 Å². The first-order valence-electron chi connectivity index (χ1n) is 10.3. The predicted octanol–water partition coefficient (Wildman–Crippen LogP) is 2.20. The van der Waals surface area contributed by atoms with E-state index in [2.05, 4.69) is 24.0 Å². The van der Waals surface area contributed by atoms with Crippen molar-refractivity contribution < 1.29 is 14.7 Å². The second-order valence-corrected chi connectivity index (χ2v) is 9.87. The van der Waals surface area contributed by atoms with Gasteiger partial charge in [0.15, 0.2) is 0 Å². The van der Waals surface area contributed by atoms with E-state index in [1.807, 2.05) is 37.3 Å². The number of amides is 1.